The number of guanidine groups is 1. The highest BCUT2D eigenvalue weighted by Gasteiger charge is 2.20. The quantitative estimate of drug-likeness (QED) is 0.106. The van der Waals surface area contributed by atoms with Crippen molar-refractivity contribution in [2.24, 2.45) is 16.5 Å². The molecule has 0 saturated heterocycles. The normalized spacial score (nSPS) is 10.4. The number of ether oxygens (including phenoxy) is 2. The first-order valence-corrected chi connectivity index (χ1v) is 12.4. The number of methoxy groups -OCH3 is 1. The molecule has 0 aliphatic heterocycles. The van der Waals surface area contributed by atoms with Crippen LogP contribution >= 0.6 is 11.6 Å². The first kappa shape index (κ1) is 30.4. The van der Waals surface area contributed by atoms with Crippen LogP contribution in [0.25, 0.3) is 0 Å². The number of aryl methyl sites for hydroxylation is 1. The minimum Gasteiger partial charge on any atom is -0.496 e. The minimum absolute atomic E-state index is 0.0732. The Morgan fingerprint density at radius 1 is 0.976 bits per heavy atom. The van der Waals surface area contributed by atoms with Crippen LogP contribution in [0.4, 0.5) is 5.69 Å². The summed E-state index contributed by atoms with van der Waals surface area (Å²) in [5.74, 6) is -3.33. The van der Waals surface area contributed by atoms with Crippen molar-refractivity contribution in [3.05, 3.63) is 87.9 Å². The van der Waals surface area contributed by atoms with E-state index in [1.54, 1.807) is 24.3 Å². The van der Waals surface area contributed by atoms with Crippen molar-refractivity contribution < 1.29 is 38.9 Å². The zero-order valence-electron chi connectivity index (χ0n) is 21.9. The number of halogens is 1. The molecule has 0 fully saturated rings. The van der Waals surface area contributed by atoms with E-state index in [4.69, 9.17) is 32.5 Å². The number of aliphatic imine (C=N–C) groups is 1. The van der Waals surface area contributed by atoms with Gasteiger partial charge < -0.3 is 36.1 Å². The number of nitrogens with two attached hydrogens (primary N) is 2. The largest absolute Gasteiger partial charge is 0.496 e. The van der Waals surface area contributed by atoms with Crippen molar-refractivity contribution in [1.29, 1.82) is 0 Å². The molecular weight excluding hydrogens is 556 g/mol. The molecule has 13 heteroatoms. The molecule has 0 radical (unpaired) electrons. The summed E-state index contributed by atoms with van der Waals surface area (Å²) in [6.07, 6.45) is 0.105. The molecule has 41 heavy (non-hydrogen) atoms. The van der Waals surface area contributed by atoms with Gasteiger partial charge in [-0.25, -0.2) is 14.6 Å². The van der Waals surface area contributed by atoms with Crippen LogP contribution in [0, 0.1) is 0 Å². The second-order valence-electron chi connectivity index (χ2n) is 8.71. The lowest BCUT2D eigenvalue weighted by atomic mass is 10.1. The number of rotatable bonds is 12. The summed E-state index contributed by atoms with van der Waals surface area (Å²) < 4.78 is 10.4. The number of benzene rings is 3. The van der Waals surface area contributed by atoms with Gasteiger partial charge in [0, 0.05) is 18.0 Å². The van der Waals surface area contributed by atoms with E-state index in [9.17, 15) is 29.4 Å². The van der Waals surface area contributed by atoms with Crippen molar-refractivity contribution in [3.8, 4) is 11.5 Å². The molecule has 12 nitrogen and oxygen atoms in total. The van der Waals surface area contributed by atoms with Crippen molar-refractivity contribution in [2.75, 3.05) is 13.7 Å². The molecule has 3 aromatic rings. The first-order chi connectivity index (χ1) is 19.5. The number of carbonyl (C=O) groups is 4. The van der Waals surface area contributed by atoms with Gasteiger partial charge in [0.15, 0.2) is 5.96 Å². The molecule has 0 bridgehead atoms. The number of carbonyl (C=O) groups excluding carboxylic acids is 2. The summed E-state index contributed by atoms with van der Waals surface area (Å²) in [6.45, 7) is -0.701. The van der Waals surface area contributed by atoms with Crippen LogP contribution < -0.4 is 20.9 Å². The Morgan fingerprint density at radius 2 is 1.68 bits per heavy atom. The number of amides is 1. The van der Waals surface area contributed by atoms with E-state index in [2.05, 4.69) is 4.99 Å². The Balaban J connectivity index is 1.65. The van der Waals surface area contributed by atoms with Gasteiger partial charge in [-0.1, -0.05) is 23.7 Å². The van der Waals surface area contributed by atoms with E-state index in [1.807, 2.05) is 0 Å². The third-order valence-corrected chi connectivity index (χ3v) is 6.10. The molecule has 214 valence electrons. The topological polar surface area (TPSA) is 195 Å². The number of hydrogen-bond acceptors (Lipinski definition) is 7. The lowest BCUT2D eigenvalue weighted by Gasteiger charge is -2.21. The van der Waals surface area contributed by atoms with Crippen LogP contribution in [-0.4, -0.2) is 58.5 Å². The Hall–Kier alpha value is -5.10. The maximum Gasteiger partial charge on any atom is 0.343 e. The zero-order valence-corrected chi connectivity index (χ0v) is 22.6. The van der Waals surface area contributed by atoms with Gasteiger partial charge in [-0.15, -0.1) is 0 Å². The van der Waals surface area contributed by atoms with Gasteiger partial charge >= 0.3 is 17.9 Å². The fourth-order valence-corrected chi connectivity index (χ4v) is 4.08. The Kier molecular flexibility index (Phi) is 10.3. The molecule has 0 unspecified atom stereocenters. The van der Waals surface area contributed by atoms with E-state index in [-0.39, 0.29) is 53.0 Å². The molecule has 0 atom stereocenters. The molecular formula is C28H27ClN4O8. The number of hydrogen-bond donors (Lipinski definition) is 4. The average Bonchev–Trinajstić information content (AvgIpc) is 2.91. The van der Waals surface area contributed by atoms with Gasteiger partial charge in [-0.2, -0.15) is 0 Å². The smallest absolute Gasteiger partial charge is 0.343 e. The Morgan fingerprint density at radius 3 is 2.27 bits per heavy atom. The van der Waals surface area contributed by atoms with Crippen molar-refractivity contribution in [2.45, 2.75) is 19.4 Å². The van der Waals surface area contributed by atoms with Crippen molar-refractivity contribution >= 4 is 47.1 Å². The van der Waals surface area contributed by atoms with E-state index in [1.165, 1.54) is 43.5 Å². The first-order valence-electron chi connectivity index (χ1n) is 12.1. The van der Waals surface area contributed by atoms with Crippen LogP contribution in [0.2, 0.25) is 5.02 Å². The lowest BCUT2D eigenvalue weighted by Crippen LogP contribution is -2.35. The average molecular weight is 583 g/mol. The van der Waals surface area contributed by atoms with E-state index in [0.717, 1.165) is 4.90 Å². The van der Waals surface area contributed by atoms with Crippen LogP contribution in [0.3, 0.4) is 0 Å². The SMILES string of the molecule is COc1ccc(CN(CC(=O)O)C(=O)CCc2ccc(OC(=O)c3ccc(N=C(N)N)cc3)cc2Cl)cc1C(=O)O. The minimum atomic E-state index is -1.22. The molecule has 0 spiro atoms. The highest BCUT2D eigenvalue weighted by atomic mass is 35.5. The molecule has 0 aliphatic carbocycles. The fraction of sp³-hybridized carbons (Fsp3) is 0.179. The van der Waals surface area contributed by atoms with Gasteiger partial charge in [-0.3, -0.25) is 9.59 Å². The van der Waals surface area contributed by atoms with Crippen LogP contribution in [0.15, 0.2) is 65.7 Å². The van der Waals surface area contributed by atoms with Gasteiger partial charge in [-0.05, 0) is 66.1 Å². The molecule has 1 amide bonds. The van der Waals surface area contributed by atoms with Crippen molar-refractivity contribution in [1.82, 2.24) is 4.90 Å². The molecule has 3 aromatic carbocycles. The maximum absolute atomic E-state index is 12.9. The second kappa shape index (κ2) is 13.8. The van der Waals surface area contributed by atoms with Gasteiger partial charge in [0.2, 0.25) is 5.91 Å². The van der Waals surface area contributed by atoms with Gasteiger partial charge in [0.05, 0.1) is 18.4 Å². The predicted octanol–water partition coefficient (Wildman–Crippen LogP) is 3.22. The summed E-state index contributed by atoms with van der Waals surface area (Å²) in [5.41, 5.74) is 12.3. The summed E-state index contributed by atoms with van der Waals surface area (Å²) in [5, 5.41) is 19.0. The zero-order chi connectivity index (χ0) is 30.1. The predicted molar refractivity (Wildman–Crippen MR) is 150 cm³/mol. The van der Waals surface area contributed by atoms with Crippen LogP contribution in [-0.2, 0) is 22.6 Å². The van der Waals surface area contributed by atoms with E-state index >= 15 is 0 Å². The summed E-state index contributed by atoms with van der Waals surface area (Å²) in [4.78, 5) is 53.3. The standard InChI is InChI=1S/C28H27ClN4O8/c1-40-23-10-2-16(12-21(23)26(37)38)14-33(15-25(35)36)24(34)11-6-17-5-9-20(13-22(17)29)41-27(39)18-3-7-19(8-4-18)32-28(30)31/h2-5,7-10,12-13H,6,11,14-15H2,1H3,(H,35,36)(H,37,38)(H4,30,31,32). The molecule has 6 N–H and O–H groups in total. The number of carboxylic acids is 2. The lowest BCUT2D eigenvalue weighted by molar-refractivity contribution is -0.144. The third-order valence-electron chi connectivity index (χ3n) is 5.75. The molecule has 0 saturated carbocycles. The van der Waals surface area contributed by atoms with Gasteiger partial charge in [0.1, 0.15) is 23.6 Å². The van der Waals surface area contributed by atoms with E-state index in [0.29, 0.717) is 16.8 Å². The number of aromatic carboxylic acids is 1. The summed E-state index contributed by atoms with van der Waals surface area (Å²) >= 11 is 6.36. The third kappa shape index (κ3) is 8.70. The van der Waals surface area contributed by atoms with Crippen LogP contribution in [0.1, 0.15) is 38.3 Å². The van der Waals surface area contributed by atoms with Crippen LogP contribution in [0.5, 0.6) is 11.5 Å². The Bertz CT molecular complexity index is 1490. The summed E-state index contributed by atoms with van der Waals surface area (Å²) in [7, 11) is 1.33. The number of esters is 1. The second-order valence-corrected chi connectivity index (χ2v) is 9.12. The maximum atomic E-state index is 12.9. The highest BCUT2D eigenvalue weighted by molar-refractivity contribution is 6.31. The monoisotopic (exact) mass is 582 g/mol. The molecule has 3 rings (SSSR count). The number of aliphatic carboxylic acids is 1. The van der Waals surface area contributed by atoms with Gasteiger partial charge in [0.25, 0.3) is 0 Å². The number of nitrogens with zero attached hydrogens (tertiary/aromatic N) is 2. The molecule has 0 heterocycles. The highest BCUT2D eigenvalue weighted by Crippen LogP contribution is 2.26. The number of carboxylic acid groups (broad SMARTS) is 2. The fourth-order valence-electron chi connectivity index (χ4n) is 3.82. The summed E-state index contributed by atoms with van der Waals surface area (Å²) in [6, 6.07) is 15.0. The molecule has 0 aromatic heterocycles. The molecule has 0 aliphatic rings. The Labute approximate surface area is 239 Å². The van der Waals surface area contributed by atoms with Crippen molar-refractivity contribution in [3.63, 3.8) is 0 Å². The van der Waals surface area contributed by atoms with E-state index < -0.39 is 30.4 Å².